The Morgan fingerprint density at radius 3 is 2.59 bits per heavy atom. The van der Waals surface area contributed by atoms with Crippen molar-refractivity contribution in [2.75, 3.05) is 0 Å². The van der Waals surface area contributed by atoms with Crippen LogP contribution in [0.3, 0.4) is 0 Å². The van der Waals surface area contributed by atoms with Crippen molar-refractivity contribution in [3.05, 3.63) is 90.0 Å². The van der Waals surface area contributed by atoms with Crippen LogP contribution in [0.25, 0.3) is 11.1 Å². The van der Waals surface area contributed by atoms with Gasteiger partial charge >= 0.3 is 0 Å². The van der Waals surface area contributed by atoms with Crippen molar-refractivity contribution < 1.29 is 9.18 Å². The number of hydrogen-bond acceptors (Lipinski definition) is 2. The SMILES string of the molecule is C[C@H](CCCc1cccnc1)NC(=O)c1ccc(-c2cccc(F)c2)cc1. The zero-order valence-electron chi connectivity index (χ0n) is 15.4. The van der Waals surface area contributed by atoms with E-state index < -0.39 is 0 Å². The second-order valence-corrected chi connectivity index (χ2v) is 6.72. The normalized spacial score (nSPS) is 11.8. The Kier molecular flexibility index (Phi) is 6.31. The lowest BCUT2D eigenvalue weighted by Crippen LogP contribution is -2.32. The van der Waals surface area contributed by atoms with E-state index in [0.717, 1.165) is 30.4 Å². The molecule has 4 heteroatoms. The Morgan fingerprint density at radius 2 is 1.89 bits per heavy atom. The second kappa shape index (κ2) is 9.08. The number of rotatable bonds is 7. The molecule has 1 aromatic heterocycles. The lowest BCUT2D eigenvalue weighted by atomic mass is 10.0. The molecule has 3 rings (SSSR count). The van der Waals surface area contributed by atoms with Crippen LogP contribution in [-0.4, -0.2) is 16.9 Å². The largest absolute Gasteiger partial charge is 0.350 e. The Hall–Kier alpha value is -3.01. The number of carbonyl (C=O) groups is 1. The van der Waals surface area contributed by atoms with Gasteiger partial charge in [-0.1, -0.05) is 30.3 Å². The van der Waals surface area contributed by atoms with Crippen LogP contribution in [0, 0.1) is 5.82 Å². The molecule has 2 aromatic carbocycles. The number of hydrogen-bond donors (Lipinski definition) is 1. The van der Waals surface area contributed by atoms with Crippen LogP contribution in [0.5, 0.6) is 0 Å². The van der Waals surface area contributed by atoms with E-state index in [1.165, 1.54) is 17.7 Å². The standard InChI is InChI=1S/C23H23FN2O/c1-17(5-2-6-18-7-4-14-25-16-18)26-23(27)20-12-10-19(11-13-20)21-8-3-9-22(24)15-21/h3-4,7-17H,2,5-6H2,1H3,(H,26,27)/t17-/m1/s1. The molecule has 0 bridgehead atoms. The molecule has 0 saturated heterocycles. The molecule has 0 saturated carbocycles. The summed E-state index contributed by atoms with van der Waals surface area (Å²) < 4.78 is 13.3. The maximum Gasteiger partial charge on any atom is 0.251 e. The highest BCUT2D eigenvalue weighted by Gasteiger charge is 2.10. The smallest absolute Gasteiger partial charge is 0.251 e. The monoisotopic (exact) mass is 362 g/mol. The Bertz CT molecular complexity index is 878. The Morgan fingerprint density at radius 1 is 1.07 bits per heavy atom. The molecule has 0 aliphatic heterocycles. The van der Waals surface area contributed by atoms with E-state index in [1.54, 1.807) is 24.4 Å². The van der Waals surface area contributed by atoms with Crippen LogP contribution in [-0.2, 0) is 6.42 Å². The number of pyridine rings is 1. The Balaban J connectivity index is 1.51. The fraction of sp³-hybridized carbons (Fsp3) is 0.217. The topological polar surface area (TPSA) is 42.0 Å². The highest BCUT2D eigenvalue weighted by molar-refractivity contribution is 5.94. The zero-order chi connectivity index (χ0) is 19.1. The van der Waals surface area contributed by atoms with Crippen molar-refractivity contribution in [2.45, 2.75) is 32.2 Å². The van der Waals surface area contributed by atoms with Crippen molar-refractivity contribution in [1.29, 1.82) is 0 Å². The average molecular weight is 362 g/mol. The Labute approximate surface area is 159 Å². The number of nitrogens with one attached hydrogen (secondary N) is 1. The summed E-state index contributed by atoms with van der Waals surface area (Å²) in [6.07, 6.45) is 6.50. The minimum atomic E-state index is -0.269. The van der Waals surface area contributed by atoms with Crippen molar-refractivity contribution in [3.63, 3.8) is 0 Å². The number of aromatic nitrogens is 1. The number of nitrogens with zero attached hydrogens (tertiary/aromatic N) is 1. The molecular formula is C23H23FN2O. The molecule has 1 atom stereocenters. The lowest BCUT2D eigenvalue weighted by Gasteiger charge is -2.14. The number of carbonyl (C=O) groups excluding carboxylic acids is 1. The van der Waals surface area contributed by atoms with E-state index in [-0.39, 0.29) is 17.8 Å². The molecule has 27 heavy (non-hydrogen) atoms. The van der Waals surface area contributed by atoms with Crippen molar-refractivity contribution in [3.8, 4) is 11.1 Å². The molecule has 3 nitrogen and oxygen atoms in total. The average Bonchev–Trinajstić information content (AvgIpc) is 2.69. The first-order chi connectivity index (χ1) is 13.1. The first-order valence-electron chi connectivity index (χ1n) is 9.17. The molecular weight excluding hydrogens is 339 g/mol. The van der Waals surface area contributed by atoms with Gasteiger partial charge in [0.1, 0.15) is 5.82 Å². The van der Waals surface area contributed by atoms with E-state index in [0.29, 0.717) is 5.56 Å². The highest BCUT2D eigenvalue weighted by Crippen LogP contribution is 2.20. The van der Waals surface area contributed by atoms with Gasteiger partial charge in [-0.25, -0.2) is 4.39 Å². The molecule has 1 amide bonds. The third kappa shape index (κ3) is 5.48. The third-order valence-corrected chi connectivity index (χ3v) is 4.51. The molecule has 1 heterocycles. The third-order valence-electron chi connectivity index (χ3n) is 4.51. The van der Waals surface area contributed by atoms with Gasteiger partial charge in [0.2, 0.25) is 0 Å². The summed E-state index contributed by atoms with van der Waals surface area (Å²) in [6.45, 7) is 2.02. The van der Waals surface area contributed by atoms with E-state index in [4.69, 9.17) is 0 Å². The second-order valence-electron chi connectivity index (χ2n) is 6.72. The van der Waals surface area contributed by atoms with Gasteiger partial charge in [-0.05, 0) is 73.2 Å². The van der Waals surface area contributed by atoms with Crippen molar-refractivity contribution in [1.82, 2.24) is 10.3 Å². The van der Waals surface area contributed by atoms with Crippen LogP contribution in [0.15, 0.2) is 73.1 Å². The molecule has 0 aliphatic carbocycles. The van der Waals surface area contributed by atoms with Gasteiger partial charge in [0.15, 0.2) is 0 Å². The summed E-state index contributed by atoms with van der Waals surface area (Å²) in [5.41, 5.74) is 3.50. The number of amides is 1. The van der Waals surface area contributed by atoms with Crippen LogP contribution in [0.2, 0.25) is 0 Å². The van der Waals surface area contributed by atoms with E-state index in [1.807, 2.05) is 37.4 Å². The molecule has 0 fully saturated rings. The molecule has 3 aromatic rings. The van der Waals surface area contributed by atoms with Gasteiger partial charge in [-0.2, -0.15) is 0 Å². The number of halogens is 1. The summed E-state index contributed by atoms with van der Waals surface area (Å²) in [6, 6.07) is 17.8. The van der Waals surface area contributed by atoms with Gasteiger partial charge in [0, 0.05) is 24.0 Å². The molecule has 1 N–H and O–H groups in total. The van der Waals surface area contributed by atoms with Crippen molar-refractivity contribution in [2.24, 2.45) is 0 Å². The highest BCUT2D eigenvalue weighted by atomic mass is 19.1. The summed E-state index contributed by atoms with van der Waals surface area (Å²) in [5.74, 6) is -0.357. The van der Waals surface area contributed by atoms with Crippen molar-refractivity contribution >= 4 is 5.91 Å². The summed E-state index contributed by atoms with van der Waals surface area (Å²) in [5, 5.41) is 3.04. The minimum Gasteiger partial charge on any atom is -0.350 e. The molecule has 0 radical (unpaired) electrons. The number of benzene rings is 2. The van der Waals surface area contributed by atoms with Gasteiger partial charge in [0.25, 0.3) is 5.91 Å². The predicted octanol–water partition coefficient (Wildman–Crippen LogP) is 5.03. The molecule has 138 valence electrons. The summed E-state index contributed by atoms with van der Waals surface area (Å²) in [7, 11) is 0. The predicted molar refractivity (Wildman–Crippen MR) is 106 cm³/mol. The first kappa shape index (κ1) is 18.8. The quantitative estimate of drug-likeness (QED) is 0.640. The summed E-state index contributed by atoms with van der Waals surface area (Å²) in [4.78, 5) is 16.5. The fourth-order valence-electron chi connectivity index (χ4n) is 3.02. The van der Waals surface area contributed by atoms with Crippen LogP contribution < -0.4 is 5.32 Å². The zero-order valence-corrected chi connectivity index (χ0v) is 15.4. The fourth-order valence-corrected chi connectivity index (χ4v) is 3.02. The lowest BCUT2D eigenvalue weighted by molar-refractivity contribution is 0.0938. The van der Waals surface area contributed by atoms with Gasteiger partial charge in [-0.3, -0.25) is 9.78 Å². The van der Waals surface area contributed by atoms with Crippen LogP contribution in [0.4, 0.5) is 4.39 Å². The van der Waals surface area contributed by atoms with Crippen LogP contribution >= 0.6 is 0 Å². The maximum atomic E-state index is 13.3. The van der Waals surface area contributed by atoms with E-state index in [9.17, 15) is 9.18 Å². The molecule has 0 spiro atoms. The summed E-state index contributed by atoms with van der Waals surface area (Å²) >= 11 is 0. The first-order valence-corrected chi connectivity index (χ1v) is 9.17. The minimum absolute atomic E-state index is 0.0883. The maximum absolute atomic E-state index is 13.3. The van der Waals surface area contributed by atoms with Gasteiger partial charge in [0.05, 0.1) is 0 Å². The van der Waals surface area contributed by atoms with Crippen LogP contribution in [0.1, 0.15) is 35.7 Å². The molecule has 0 aliphatic rings. The van der Waals surface area contributed by atoms with Gasteiger partial charge in [-0.15, -0.1) is 0 Å². The van der Waals surface area contributed by atoms with E-state index >= 15 is 0 Å². The number of aryl methyl sites for hydroxylation is 1. The van der Waals surface area contributed by atoms with E-state index in [2.05, 4.69) is 16.4 Å². The van der Waals surface area contributed by atoms with Gasteiger partial charge < -0.3 is 5.32 Å². The molecule has 0 unspecified atom stereocenters.